The second-order valence-electron chi connectivity index (χ2n) is 4.44. The fourth-order valence-electron chi connectivity index (χ4n) is 1.96. The molecule has 1 aliphatic heterocycles. The summed E-state index contributed by atoms with van der Waals surface area (Å²) in [5.41, 5.74) is 0. The number of ether oxygens (including phenoxy) is 1. The summed E-state index contributed by atoms with van der Waals surface area (Å²) in [6, 6.07) is 8.57. The molecule has 1 saturated heterocycles. The molecule has 0 aromatic heterocycles. The van der Waals surface area contributed by atoms with Gasteiger partial charge in [-0.1, -0.05) is 18.2 Å². The minimum absolute atomic E-state index is 0.176. The first-order chi connectivity index (χ1) is 9.47. The molecule has 1 aliphatic rings. The maximum Gasteiger partial charge on any atom is 0.492 e. The highest BCUT2D eigenvalue weighted by molar-refractivity contribution is 5.75. The minimum Gasteiger partial charge on any atom is -0.492 e. The van der Waals surface area contributed by atoms with Crippen molar-refractivity contribution in [2.45, 2.75) is 25.1 Å². The standard InChI is InChI=1S/C13H14F3NO3/c14-13(15,16)12(18)20-17-8-4-5-10(17)9-19-11-6-2-1-3-7-11/h1-3,6-7,10H,4-5,8-9H2/t10-/m1/s1. The van der Waals surface area contributed by atoms with Gasteiger partial charge in [-0.05, 0) is 25.0 Å². The maximum atomic E-state index is 12.1. The first kappa shape index (κ1) is 14.6. The fourth-order valence-corrected chi connectivity index (χ4v) is 1.96. The number of hydroxylamine groups is 2. The number of rotatable bonds is 4. The van der Waals surface area contributed by atoms with E-state index < -0.39 is 12.1 Å². The number of benzene rings is 1. The number of alkyl halides is 3. The summed E-state index contributed by atoms with van der Waals surface area (Å²) in [4.78, 5) is 15.2. The van der Waals surface area contributed by atoms with Crippen molar-refractivity contribution >= 4 is 5.97 Å². The normalized spacial score (nSPS) is 19.9. The molecule has 7 heteroatoms. The van der Waals surface area contributed by atoms with Crippen molar-refractivity contribution in [3.8, 4) is 5.75 Å². The highest BCUT2D eigenvalue weighted by atomic mass is 19.4. The molecule has 1 heterocycles. The number of nitrogens with zero attached hydrogens (tertiary/aromatic N) is 1. The Labute approximate surface area is 114 Å². The van der Waals surface area contributed by atoms with Gasteiger partial charge in [-0.15, -0.1) is 5.06 Å². The monoisotopic (exact) mass is 289 g/mol. The van der Waals surface area contributed by atoms with Crippen LogP contribution in [-0.2, 0) is 9.63 Å². The van der Waals surface area contributed by atoms with Gasteiger partial charge < -0.3 is 9.57 Å². The van der Waals surface area contributed by atoms with Crippen LogP contribution < -0.4 is 4.74 Å². The lowest BCUT2D eigenvalue weighted by atomic mass is 10.2. The molecular weight excluding hydrogens is 275 g/mol. The Hall–Kier alpha value is -1.76. The number of carbonyl (C=O) groups excluding carboxylic acids is 1. The molecule has 20 heavy (non-hydrogen) atoms. The molecule has 0 spiro atoms. The zero-order valence-electron chi connectivity index (χ0n) is 10.6. The van der Waals surface area contributed by atoms with Gasteiger partial charge in [-0.25, -0.2) is 4.79 Å². The van der Waals surface area contributed by atoms with Gasteiger partial charge in [0.25, 0.3) is 0 Å². The van der Waals surface area contributed by atoms with Crippen LogP contribution in [-0.4, -0.2) is 36.4 Å². The van der Waals surface area contributed by atoms with Crippen LogP contribution in [0, 0.1) is 0 Å². The Balaban J connectivity index is 1.86. The summed E-state index contributed by atoms with van der Waals surface area (Å²) in [5, 5.41) is 1.05. The van der Waals surface area contributed by atoms with E-state index in [9.17, 15) is 18.0 Å². The summed E-state index contributed by atoms with van der Waals surface area (Å²) in [5.74, 6) is -1.56. The van der Waals surface area contributed by atoms with Crippen molar-refractivity contribution in [3.63, 3.8) is 0 Å². The third kappa shape index (κ3) is 3.86. The van der Waals surface area contributed by atoms with E-state index in [1.165, 1.54) is 0 Å². The molecule has 0 aliphatic carbocycles. The van der Waals surface area contributed by atoms with E-state index in [2.05, 4.69) is 4.84 Å². The molecule has 0 N–H and O–H groups in total. The first-order valence-electron chi connectivity index (χ1n) is 6.20. The van der Waals surface area contributed by atoms with Crippen LogP contribution in [0.5, 0.6) is 5.75 Å². The van der Waals surface area contributed by atoms with Crippen molar-refractivity contribution in [2.24, 2.45) is 0 Å². The SMILES string of the molecule is O=C(ON1CCC[C@@H]1COc1ccccc1)C(F)(F)F. The van der Waals surface area contributed by atoms with Gasteiger partial charge in [-0.3, -0.25) is 0 Å². The lowest BCUT2D eigenvalue weighted by Crippen LogP contribution is -2.40. The van der Waals surface area contributed by atoms with Crippen molar-refractivity contribution in [3.05, 3.63) is 30.3 Å². The first-order valence-corrected chi connectivity index (χ1v) is 6.20. The summed E-state index contributed by atoms with van der Waals surface area (Å²) < 4.78 is 41.9. The largest absolute Gasteiger partial charge is 0.492 e. The van der Waals surface area contributed by atoms with E-state index in [4.69, 9.17) is 4.74 Å². The van der Waals surface area contributed by atoms with E-state index >= 15 is 0 Å². The molecule has 0 unspecified atom stereocenters. The molecule has 1 fully saturated rings. The van der Waals surface area contributed by atoms with Gasteiger partial charge in [-0.2, -0.15) is 13.2 Å². The zero-order valence-corrected chi connectivity index (χ0v) is 10.6. The number of para-hydroxylation sites is 1. The molecule has 110 valence electrons. The Kier molecular flexibility index (Phi) is 4.49. The van der Waals surface area contributed by atoms with Crippen molar-refractivity contribution in [2.75, 3.05) is 13.2 Å². The second-order valence-corrected chi connectivity index (χ2v) is 4.44. The summed E-state index contributed by atoms with van der Waals surface area (Å²) in [7, 11) is 0. The summed E-state index contributed by atoms with van der Waals surface area (Å²) in [6.07, 6.45) is -3.70. The van der Waals surface area contributed by atoms with Gasteiger partial charge in [0, 0.05) is 6.54 Å². The molecule has 0 saturated carbocycles. The second kappa shape index (κ2) is 6.13. The minimum atomic E-state index is -4.98. The van der Waals surface area contributed by atoms with Gasteiger partial charge >= 0.3 is 12.1 Å². The van der Waals surface area contributed by atoms with E-state index in [1.807, 2.05) is 6.07 Å². The van der Waals surface area contributed by atoms with Crippen LogP contribution in [0.15, 0.2) is 30.3 Å². The van der Waals surface area contributed by atoms with Crippen molar-refractivity contribution in [1.29, 1.82) is 0 Å². The van der Waals surface area contributed by atoms with E-state index in [1.54, 1.807) is 24.3 Å². The molecular formula is C13H14F3NO3. The molecule has 0 amide bonds. The van der Waals surface area contributed by atoms with Crippen LogP contribution in [0.25, 0.3) is 0 Å². The maximum absolute atomic E-state index is 12.1. The number of hydrogen-bond donors (Lipinski definition) is 0. The molecule has 4 nitrogen and oxygen atoms in total. The number of hydrogen-bond acceptors (Lipinski definition) is 4. The highest BCUT2D eigenvalue weighted by Crippen LogP contribution is 2.23. The van der Waals surface area contributed by atoms with E-state index in [0.717, 1.165) is 5.06 Å². The lowest BCUT2D eigenvalue weighted by Gasteiger charge is -2.23. The molecule has 2 rings (SSSR count). The van der Waals surface area contributed by atoms with Gasteiger partial charge in [0.1, 0.15) is 12.4 Å². The summed E-state index contributed by atoms with van der Waals surface area (Å²) >= 11 is 0. The predicted octanol–water partition coefficient (Wildman–Crippen LogP) is 2.55. The Morgan fingerprint density at radius 3 is 2.65 bits per heavy atom. The topological polar surface area (TPSA) is 38.8 Å². The van der Waals surface area contributed by atoms with Crippen LogP contribution in [0.1, 0.15) is 12.8 Å². The third-order valence-corrected chi connectivity index (χ3v) is 2.94. The fraction of sp³-hybridized carbons (Fsp3) is 0.462. The number of carbonyl (C=O) groups is 1. The zero-order chi connectivity index (χ0) is 14.6. The number of halogens is 3. The summed E-state index contributed by atoms with van der Waals surface area (Å²) in [6.45, 7) is 0.458. The molecule has 1 atom stereocenters. The van der Waals surface area contributed by atoms with Crippen LogP contribution >= 0.6 is 0 Å². The third-order valence-electron chi connectivity index (χ3n) is 2.94. The Morgan fingerprint density at radius 1 is 1.30 bits per heavy atom. The Morgan fingerprint density at radius 2 is 2.00 bits per heavy atom. The van der Waals surface area contributed by atoms with E-state index in [-0.39, 0.29) is 19.2 Å². The van der Waals surface area contributed by atoms with Crippen molar-refractivity contribution < 1.29 is 27.5 Å². The smallest absolute Gasteiger partial charge is 0.492 e. The van der Waals surface area contributed by atoms with Crippen molar-refractivity contribution in [1.82, 2.24) is 5.06 Å². The van der Waals surface area contributed by atoms with Gasteiger partial charge in [0.15, 0.2) is 0 Å². The predicted molar refractivity (Wildman–Crippen MR) is 63.8 cm³/mol. The highest BCUT2D eigenvalue weighted by Gasteiger charge is 2.44. The molecule has 1 aromatic rings. The van der Waals surface area contributed by atoms with E-state index in [0.29, 0.717) is 18.6 Å². The van der Waals surface area contributed by atoms with Gasteiger partial charge in [0.2, 0.25) is 0 Å². The molecule has 0 bridgehead atoms. The average molecular weight is 289 g/mol. The van der Waals surface area contributed by atoms with Crippen LogP contribution in [0.4, 0.5) is 13.2 Å². The molecule has 0 radical (unpaired) electrons. The van der Waals surface area contributed by atoms with Crippen LogP contribution in [0.2, 0.25) is 0 Å². The Bertz CT molecular complexity index is 450. The van der Waals surface area contributed by atoms with Crippen LogP contribution in [0.3, 0.4) is 0 Å². The molecule has 1 aromatic carbocycles. The average Bonchev–Trinajstić information content (AvgIpc) is 2.84. The lowest BCUT2D eigenvalue weighted by molar-refractivity contribution is -0.242. The van der Waals surface area contributed by atoms with Gasteiger partial charge in [0.05, 0.1) is 6.04 Å². The quantitative estimate of drug-likeness (QED) is 0.854.